The van der Waals surface area contributed by atoms with E-state index < -0.39 is 114 Å². The van der Waals surface area contributed by atoms with Crippen LogP contribution in [0.25, 0.3) is 0 Å². The molecular weight excluding hydrogens is 752 g/mol. The standard InChI is InChI=1S/C40H58N8O10/c1-20(2)31(25-11-9-8-10-12-25)34(48-35(53)23(7)44-36(54)27(41)17-24-13-15-26(49)16-14-24)40(58)45-28(18-30(51)52)37(55)46-33(22(5)6)39(57)47-32(21(3)4)38(56)43-19-29(42)50/h8-16,20-23,27-28,31-34,49H,17-19,41H2,1-7H3,(H2,42,50)(H,43,56)(H,44,54)(H,45,58)(H,46,55)(H,47,57)(H,48,53)(H,51,52)/t23-,27+,28+,31-,32+,33+,34-/m1/s1. The third-order valence-corrected chi connectivity index (χ3v) is 9.27. The van der Waals surface area contributed by atoms with Crippen LogP contribution in [0.5, 0.6) is 5.75 Å². The lowest BCUT2D eigenvalue weighted by atomic mass is 9.81. The minimum Gasteiger partial charge on any atom is -0.508 e. The maximum absolute atomic E-state index is 14.3. The number of carboxylic acids is 1. The molecule has 0 aromatic heterocycles. The Morgan fingerprint density at radius 2 is 1.12 bits per heavy atom. The highest BCUT2D eigenvalue weighted by Gasteiger charge is 2.38. The van der Waals surface area contributed by atoms with E-state index in [0.29, 0.717) is 11.1 Å². The number of aromatic hydroxyl groups is 1. The first kappa shape index (κ1) is 48.1. The highest BCUT2D eigenvalue weighted by molar-refractivity contribution is 5.98. The van der Waals surface area contributed by atoms with Crippen molar-refractivity contribution < 1.29 is 48.6 Å². The summed E-state index contributed by atoms with van der Waals surface area (Å²) in [6.45, 7) is 11.0. The number of carbonyl (C=O) groups is 8. The molecule has 12 N–H and O–H groups in total. The smallest absolute Gasteiger partial charge is 0.305 e. The number of hydrogen-bond acceptors (Lipinski definition) is 10. The molecule has 0 saturated heterocycles. The van der Waals surface area contributed by atoms with E-state index in [1.807, 2.05) is 13.8 Å². The molecule has 58 heavy (non-hydrogen) atoms. The number of primary amides is 1. The van der Waals surface area contributed by atoms with Gasteiger partial charge in [0, 0.05) is 5.92 Å². The quantitative estimate of drug-likeness (QED) is 0.0726. The maximum atomic E-state index is 14.3. The lowest BCUT2D eigenvalue weighted by Crippen LogP contribution is -2.61. The van der Waals surface area contributed by atoms with E-state index >= 15 is 0 Å². The van der Waals surface area contributed by atoms with Gasteiger partial charge in [-0.15, -0.1) is 0 Å². The van der Waals surface area contributed by atoms with E-state index in [4.69, 9.17) is 11.5 Å². The summed E-state index contributed by atoms with van der Waals surface area (Å²) >= 11 is 0. The number of hydrogen-bond donors (Lipinski definition) is 10. The molecule has 18 nitrogen and oxygen atoms in total. The van der Waals surface area contributed by atoms with Crippen LogP contribution >= 0.6 is 0 Å². The topological polar surface area (TPSA) is 301 Å². The van der Waals surface area contributed by atoms with Crippen molar-refractivity contribution in [1.82, 2.24) is 31.9 Å². The zero-order valence-electron chi connectivity index (χ0n) is 33.9. The van der Waals surface area contributed by atoms with Crippen LogP contribution in [0.4, 0.5) is 0 Å². The van der Waals surface area contributed by atoms with Gasteiger partial charge in [0.05, 0.1) is 19.0 Å². The number of rotatable bonds is 22. The molecule has 0 fully saturated rings. The van der Waals surface area contributed by atoms with Crippen LogP contribution < -0.4 is 43.4 Å². The van der Waals surface area contributed by atoms with Gasteiger partial charge in [0.2, 0.25) is 41.4 Å². The molecule has 2 rings (SSSR count). The first-order valence-electron chi connectivity index (χ1n) is 19.0. The Morgan fingerprint density at radius 1 is 0.603 bits per heavy atom. The molecule has 0 heterocycles. The van der Waals surface area contributed by atoms with Gasteiger partial charge in [0.25, 0.3) is 0 Å². The number of benzene rings is 2. The van der Waals surface area contributed by atoms with Gasteiger partial charge in [-0.3, -0.25) is 38.4 Å². The number of nitrogens with two attached hydrogens (primary N) is 2. The van der Waals surface area contributed by atoms with Gasteiger partial charge in [0.1, 0.15) is 36.0 Å². The second-order valence-electron chi connectivity index (χ2n) is 15.2. The fraction of sp³-hybridized carbons (Fsp3) is 0.500. The number of carbonyl (C=O) groups excluding carboxylic acids is 7. The number of carboxylic acid groups (broad SMARTS) is 1. The van der Waals surface area contributed by atoms with Crippen molar-refractivity contribution in [2.24, 2.45) is 29.2 Å². The van der Waals surface area contributed by atoms with Crippen LogP contribution in [0.15, 0.2) is 54.6 Å². The number of phenols is 1. The Labute approximate surface area is 338 Å². The zero-order chi connectivity index (χ0) is 43.9. The van der Waals surface area contributed by atoms with Crippen molar-refractivity contribution in [3.05, 3.63) is 65.7 Å². The first-order valence-corrected chi connectivity index (χ1v) is 19.0. The summed E-state index contributed by atoms with van der Waals surface area (Å²) < 4.78 is 0. The SMILES string of the molecule is CC(C)[C@H](NC(=O)[C@H](CC(=O)O)NC(=O)[C@H](NC(=O)[C@@H](C)NC(=O)[C@@H](N)Cc1ccc(O)cc1)[C@@H](c1ccccc1)C(C)C)C(=O)N[C@H](C(=O)NCC(N)=O)C(C)C. The van der Waals surface area contributed by atoms with Crippen molar-refractivity contribution in [3.8, 4) is 5.75 Å². The van der Waals surface area contributed by atoms with Crippen LogP contribution in [-0.2, 0) is 44.8 Å². The molecule has 7 amide bonds. The average Bonchev–Trinajstić information content (AvgIpc) is 3.14. The molecule has 0 spiro atoms. The van der Waals surface area contributed by atoms with Crippen LogP contribution in [0, 0.1) is 17.8 Å². The van der Waals surface area contributed by atoms with Gasteiger partial charge in [-0.05, 0) is 54.4 Å². The monoisotopic (exact) mass is 810 g/mol. The van der Waals surface area contributed by atoms with Gasteiger partial charge in [0.15, 0.2) is 0 Å². The Bertz CT molecular complexity index is 1750. The van der Waals surface area contributed by atoms with E-state index in [1.54, 1.807) is 70.2 Å². The zero-order valence-corrected chi connectivity index (χ0v) is 33.9. The normalized spacial score (nSPS) is 14.8. The molecule has 0 aliphatic heterocycles. The highest BCUT2D eigenvalue weighted by Crippen LogP contribution is 2.28. The summed E-state index contributed by atoms with van der Waals surface area (Å²) in [5.74, 6) is -9.15. The molecule has 0 aliphatic carbocycles. The van der Waals surface area contributed by atoms with Gasteiger partial charge in [-0.25, -0.2) is 0 Å². The Balaban J connectivity index is 2.37. The molecule has 318 valence electrons. The van der Waals surface area contributed by atoms with Crippen LogP contribution in [0.2, 0.25) is 0 Å². The summed E-state index contributed by atoms with van der Waals surface area (Å²) in [7, 11) is 0. The second-order valence-corrected chi connectivity index (χ2v) is 15.2. The number of nitrogens with one attached hydrogen (secondary N) is 6. The first-order chi connectivity index (χ1) is 27.1. The van der Waals surface area contributed by atoms with Crippen LogP contribution in [0.1, 0.15) is 71.9 Å². The van der Waals surface area contributed by atoms with Crippen molar-refractivity contribution >= 4 is 47.3 Å². The van der Waals surface area contributed by atoms with E-state index in [2.05, 4.69) is 31.9 Å². The predicted octanol–water partition coefficient (Wildman–Crippen LogP) is -0.466. The third kappa shape index (κ3) is 15.1. The van der Waals surface area contributed by atoms with Crippen LogP contribution in [0.3, 0.4) is 0 Å². The summed E-state index contributed by atoms with van der Waals surface area (Å²) in [5.41, 5.74) is 12.5. The molecule has 0 saturated carbocycles. The minimum atomic E-state index is -1.74. The van der Waals surface area contributed by atoms with E-state index in [0.717, 1.165) is 0 Å². The highest BCUT2D eigenvalue weighted by atomic mass is 16.4. The van der Waals surface area contributed by atoms with E-state index in [1.165, 1.54) is 19.1 Å². The van der Waals surface area contributed by atoms with Crippen molar-refractivity contribution in [2.75, 3.05) is 6.54 Å². The molecule has 0 aliphatic rings. The lowest BCUT2D eigenvalue weighted by molar-refractivity contribution is -0.142. The fourth-order valence-electron chi connectivity index (χ4n) is 6.10. The summed E-state index contributed by atoms with van der Waals surface area (Å²) in [6.07, 6.45) is -0.802. The van der Waals surface area contributed by atoms with Crippen molar-refractivity contribution in [2.45, 2.75) is 103 Å². The summed E-state index contributed by atoms with van der Waals surface area (Å²) in [5, 5.41) is 34.4. The van der Waals surface area contributed by atoms with Gasteiger partial charge in [-0.1, -0.05) is 84.0 Å². The van der Waals surface area contributed by atoms with Crippen molar-refractivity contribution in [3.63, 3.8) is 0 Å². The molecule has 0 radical (unpaired) electrons. The Morgan fingerprint density at radius 3 is 1.64 bits per heavy atom. The molecule has 18 heteroatoms. The average molecular weight is 811 g/mol. The molecule has 0 bridgehead atoms. The Kier molecular flexibility index (Phi) is 18.8. The fourth-order valence-corrected chi connectivity index (χ4v) is 6.10. The van der Waals surface area contributed by atoms with Gasteiger partial charge in [-0.2, -0.15) is 0 Å². The molecule has 2 aromatic carbocycles. The summed E-state index contributed by atoms with van der Waals surface area (Å²) in [4.78, 5) is 104. The third-order valence-electron chi connectivity index (χ3n) is 9.27. The van der Waals surface area contributed by atoms with Crippen molar-refractivity contribution in [1.29, 1.82) is 0 Å². The molecular formula is C40H58N8O10. The maximum Gasteiger partial charge on any atom is 0.305 e. The molecule has 2 aromatic rings. The van der Waals surface area contributed by atoms with E-state index in [9.17, 15) is 48.6 Å². The van der Waals surface area contributed by atoms with E-state index in [-0.39, 0.29) is 18.1 Å². The summed E-state index contributed by atoms with van der Waals surface area (Å²) in [6, 6.07) is 7.00. The second kappa shape index (κ2) is 22.6. The largest absolute Gasteiger partial charge is 0.508 e. The van der Waals surface area contributed by atoms with Gasteiger partial charge < -0.3 is 53.6 Å². The number of amides is 7. The Hall–Kier alpha value is -6.04. The number of phenolic OH excluding ortho intramolecular Hbond substituents is 1. The molecule has 7 atom stereocenters. The van der Waals surface area contributed by atoms with Gasteiger partial charge >= 0.3 is 5.97 Å². The number of aliphatic carboxylic acids is 1. The minimum absolute atomic E-state index is 0.0425. The van der Waals surface area contributed by atoms with Crippen LogP contribution in [-0.4, -0.2) is 100 Å². The molecule has 0 unspecified atom stereocenters. The lowest BCUT2D eigenvalue weighted by Gasteiger charge is -2.33. The predicted molar refractivity (Wildman–Crippen MR) is 213 cm³/mol.